The van der Waals surface area contributed by atoms with Crippen LogP contribution in [0.5, 0.6) is 0 Å². The average molecular weight is 309 g/mol. The zero-order valence-electron chi connectivity index (χ0n) is 12.4. The Morgan fingerprint density at radius 1 is 1.27 bits per heavy atom. The lowest BCUT2D eigenvalue weighted by Crippen LogP contribution is -2.36. The fourth-order valence-corrected chi connectivity index (χ4v) is 3.51. The molecule has 2 N–H and O–H groups in total. The Bertz CT molecular complexity index is 537. The number of aliphatic hydroxyl groups excluding tert-OH is 1. The zero-order chi connectivity index (χ0) is 15.7. The van der Waals surface area contributed by atoms with Crippen LogP contribution in [-0.2, 0) is 4.79 Å². The van der Waals surface area contributed by atoms with Crippen LogP contribution in [0.25, 0.3) is 0 Å². The molecule has 0 saturated heterocycles. The second kappa shape index (κ2) is 6.32. The predicted octanol–water partition coefficient (Wildman–Crippen LogP) is 2.74. The topological polar surface area (TPSA) is 49.3 Å². The number of halogens is 2. The molecule has 0 aliphatic heterocycles. The summed E-state index contributed by atoms with van der Waals surface area (Å²) in [6.45, 7) is 0.229. The lowest BCUT2D eigenvalue weighted by Gasteiger charge is -2.18. The molecule has 5 heteroatoms. The summed E-state index contributed by atoms with van der Waals surface area (Å²) in [6, 6.07) is 3.76. The maximum atomic E-state index is 13.7. The minimum Gasteiger partial charge on any atom is -0.391 e. The molecule has 1 aromatic rings. The average Bonchev–Trinajstić information content (AvgIpc) is 3.07. The number of hydrogen-bond acceptors (Lipinski definition) is 2. The molecular formula is C17H21F2NO2. The fourth-order valence-electron chi connectivity index (χ4n) is 3.51. The van der Waals surface area contributed by atoms with E-state index in [1.807, 2.05) is 0 Å². The lowest BCUT2D eigenvalue weighted by atomic mass is 10.0. The van der Waals surface area contributed by atoms with Gasteiger partial charge in [0.1, 0.15) is 11.6 Å². The fraction of sp³-hybridized carbons (Fsp3) is 0.588. The Morgan fingerprint density at radius 3 is 2.55 bits per heavy atom. The van der Waals surface area contributed by atoms with Gasteiger partial charge in [0.2, 0.25) is 5.91 Å². The highest BCUT2D eigenvalue weighted by Gasteiger charge is 2.46. The molecule has 1 amide bonds. The first-order chi connectivity index (χ1) is 10.6. The molecule has 2 fully saturated rings. The van der Waals surface area contributed by atoms with Crippen LogP contribution in [0.1, 0.15) is 43.6 Å². The minimum absolute atomic E-state index is 0.0130. The molecule has 22 heavy (non-hydrogen) atoms. The Labute approximate surface area is 128 Å². The first-order valence-electron chi connectivity index (χ1n) is 7.97. The molecule has 3 rings (SSSR count). The van der Waals surface area contributed by atoms with Crippen molar-refractivity contribution in [2.75, 3.05) is 6.54 Å². The summed E-state index contributed by atoms with van der Waals surface area (Å²) in [4.78, 5) is 12.1. The van der Waals surface area contributed by atoms with Crippen molar-refractivity contribution in [3.05, 3.63) is 35.4 Å². The third-order valence-corrected chi connectivity index (χ3v) is 4.93. The molecule has 0 heterocycles. The standard InChI is InChI=1S/C17H21F2NO2/c18-13-6-3-7-14(19)16(13)11-8-12(11)17(22)20-9-15(21)10-4-1-2-5-10/h3,6-7,10-12,15,21H,1-2,4-5,8-9H2,(H,20,22). The number of hydrogen-bond donors (Lipinski definition) is 2. The van der Waals surface area contributed by atoms with Crippen LogP contribution in [0.2, 0.25) is 0 Å². The monoisotopic (exact) mass is 309 g/mol. The van der Waals surface area contributed by atoms with Gasteiger partial charge in [0.15, 0.2) is 0 Å². The Morgan fingerprint density at radius 2 is 1.91 bits per heavy atom. The molecule has 2 aliphatic carbocycles. The number of carbonyl (C=O) groups excluding carboxylic acids is 1. The molecule has 0 bridgehead atoms. The summed E-state index contributed by atoms with van der Waals surface area (Å²) in [5, 5.41) is 12.8. The van der Waals surface area contributed by atoms with Gasteiger partial charge in [0.25, 0.3) is 0 Å². The van der Waals surface area contributed by atoms with E-state index < -0.39 is 17.7 Å². The second-order valence-corrected chi connectivity index (χ2v) is 6.44. The van der Waals surface area contributed by atoms with E-state index in [4.69, 9.17) is 0 Å². The summed E-state index contributed by atoms with van der Waals surface area (Å²) >= 11 is 0. The molecule has 3 atom stereocenters. The van der Waals surface area contributed by atoms with Gasteiger partial charge in [0, 0.05) is 23.9 Å². The highest BCUT2D eigenvalue weighted by molar-refractivity contribution is 5.82. The van der Waals surface area contributed by atoms with E-state index >= 15 is 0 Å². The van der Waals surface area contributed by atoms with Gasteiger partial charge >= 0.3 is 0 Å². The summed E-state index contributed by atoms with van der Waals surface area (Å²) in [5.74, 6) is -1.91. The van der Waals surface area contributed by atoms with Crippen LogP contribution in [0, 0.1) is 23.5 Å². The number of benzene rings is 1. The molecular weight excluding hydrogens is 288 g/mol. The van der Waals surface area contributed by atoms with Crippen molar-refractivity contribution in [3.63, 3.8) is 0 Å². The van der Waals surface area contributed by atoms with E-state index in [9.17, 15) is 18.7 Å². The molecule has 0 spiro atoms. The lowest BCUT2D eigenvalue weighted by molar-refractivity contribution is -0.123. The quantitative estimate of drug-likeness (QED) is 0.878. The van der Waals surface area contributed by atoms with Gasteiger partial charge < -0.3 is 10.4 Å². The van der Waals surface area contributed by atoms with Crippen LogP contribution < -0.4 is 5.32 Å². The number of amides is 1. The van der Waals surface area contributed by atoms with Crippen molar-refractivity contribution < 1.29 is 18.7 Å². The van der Waals surface area contributed by atoms with Crippen LogP contribution in [0.4, 0.5) is 8.78 Å². The number of nitrogens with one attached hydrogen (secondary N) is 1. The molecule has 3 nitrogen and oxygen atoms in total. The molecule has 0 radical (unpaired) electrons. The van der Waals surface area contributed by atoms with Crippen LogP contribution >= 0.6 is 0 Å². The van der Waals surface area contributed by atoms with Gasteiger partial charge in [-0.2, -0.15) is 0 Å². The van der Waals surface area contributed by atoms with Gasteiger partial charge in [-0.1, -0.05) is 18.9 Å². The van der Waals surface area contributed by atoms with Crippen molar-refractivity contribution in [3.8, 4) is 0 Å². The molecule has 2 aliphatic rings. The molecule has 0 aromatic heterocycles. The SMILES string of the molecule is O=C(NCC(O)C1CCCC1)C1CC1c1c(F)cccc1F. The van der Waals surface area contributed by atoms with Crippen molar-refractivity contribution in [2.45, 2.75) is 44.1 Å². The summed E-state index contributed by atoms with van der Waals surface area (Å²) in [6.07, 6.45) is 4.21. The third kappa shape index (κ3) is 3.14. The van der Waals surface area contributed by atoms with Crippen molar-refractivity contribution in [1.29, 1.82) is 0 Å². The highest BCUT2D eigenvalue weighted by atomic mass is 19.1. The van der Waals surface area contributed by atoms with Crippen molar-refractivity contribution in [2.24, 2.45) is 11.8 Å². The Balaban J connectivity index is 1.52. The maximum Gasteiger partial charge on any atom is 0.223 e. The van der Waals surface area contributed by atoms with E-state index in [1.165, 1.54) is 18.2 Å². The van der Waals surface area contributed by atoms with E-state index in [0.29, 0.717) is 6.42 Å². The Hall–Kier alpha value is -1.49. The second-order valence-electron chi connectivity index (χ2n) is 6.44. The number of rotatable bonds is 5. The smallest absolute Gasteiger partial charge is 0.223 e. The summed E-state index contributed by atoms with van der Waals surface area (Å²) < 4.78 is 27.4. The largest absolute Gasteiger partial charge is 0.391 e. The van der Waals surface area contributed by atoms with Gasteiger partial charge in [-0.25, -0.2) is 8.78 Å². The maximum absolute atomic E-state index is 13.7. The zero-order valence-corrected chi connectivity index (χ0v) is 12.4. The van der Waals surface area contributed by atoms with E-state index in [-0.39, 0.29) is 35.8 Å². The first kappa shape index (κ1) is 15.4. The molecule has 120 valence electrons. The number of aliphatic hydroxyl groups is 1. The van der Waals surface area contributed by atoms with Crippen LogP contribution in [-0.4, -0.2) is 23.7 Å². The van der Waals surface area contributed by atoms with Crippen molar-refractivity contribution >= 4 is 5.91 Å². The van der Waals surface area contributed by atoms with Gasteiger partial charge in [-0.3, -0.25) is 4.79 Å². The van der Waals surface area contributed by atoms with E-state index in [2.05, 4.69) is 5.32 Å². The number of carbonyl (C=O) groups is 1. The van der Waals surface area contributed by atoms with Gasteiger partial charge in [-0.05, 0) is 37.3 Å². The predicted molar refractivity (Wildman–Crippen MR) is 78.2 cm³/mol. The normalized spacial score (nSPS) is 26.0. The molecule has 3 unspecified atom stereocenters. The Kier molecular flexibility index (Phi) is 4.43. The van der Waals surface area contributed by atoms with Crippen LogP contribution in [0.15, 0.2) is 18.2 Å². The van der Waals surface area contributed by atoms with E-state index in [0.717, 1.165) is 25.7 Å². The molecule has 1 aromatic carbocycles. The molecule has 2 saturated carbocycles. The summed E-state index contributed by atoms with van der Waals surface area (Å²) in [7, 11) is 0. The van der Waals surface area contributed by atoms with E-state index in [1.54, 1.807) is 0 Å². The van der Waals surface area contributed by atoms with Gasteiger partial charge in [-0.15, -0.1) is 0 Å². The van der Waals surface area contributed by atoms with Crippen molar-refractivity contribution in [1.82, 2.24) is 5.32 Å². The first-order valence-corrected chi connectivity index (χ1v) is 7.97. The van der Waals surface area contributed by atoms with Gasteiger partial charge in [0.05, 0.1) is 6.10 Å². The minimum atomic E-state index is -0.591. The highest BCUT2D eigenvalue weighted by Crippen LogP contribution is 2.49. The summed E-state index contributed by atoms with van der Waals surface area (Å²) in [5.41, 5.74) is 0.0130. The third-order valence-electron chi connectivity index (χ3n) is 4.93. The van der Waals surface area contributed by atoms with Crippen LogP contribution in [0.3, 0.4) is 0 Å².